The third-order valence-electron chi connectivity index (χ3n) is 0.690. The molecule has 0 unspecified atom stereocenters. The van der Waals surface area contributed by atoms with Crippen molar-refractivity contribution in [3.63, 3.8) is 0 Å². The molecule has 0 saturated heterocycles. The van der Waals surface area contributed by atoms with Gasteiger partial charge in [-0.25, -0.2) is 0 Å². The molecule has 0 N–H and O–H groups in total. The van der Waals surface area contributed by atoms with Crippen LogP contribution in [0, 0.1) is 0 Å². The summed E-state index contributed by atoms with van der Waals surface area (Å²) in [5.41, 5.74) is 0. The molecule has 0 aliphatic rings. The van der Waals surface area contributed by atoms with Crippen LogP contribution >= 0.6 is 11.6 Å². The van der Waals surface area contributed by atoms with E-state index in [4.69, 9.17) is 0 Å². The Balaban J connectivity index is 4.23. The van der Waals surface area contributed by atoms with Crippen molar-refractivity contribution in [3.05, 3.63) is 11.1 Å². The number of hydrogen-bond donors (Lipinski definition) is 0. The highest BCUT2D eigenvalue weighted by Crippen LogP contribution is 2.29. The maximum atomic E-state index is 11.4. The lowest BCUT2D eigenvalue weighted by Crippen LogP contribution is -2.09. The molecule has 0 bridgehead atoms. The minimum atomic E-state index is -4.80. The van der Waals surface area contributed by atoms with E-state index in [1.165, 1.54) is 0 Å². The standard InChI is InChI=1S/C5H3ClF6/c6-3(1-4(7,8)9)2-5(10,11)12/h1H,2H2/b3-1-. The zero-order valence-corrected chi connectivity index (χ0v) is 6.19. The fraction of sp³-hybridized carbons (Fsp3) is 0.600. The van der Waals surface area contributed by atoms with Gasteiger partial charge >= 0.3 is 12.4 Å². The highest BCUT2D eigenvalue weighted by molar-refractivity contribution is 6.29. The Morgan fingerprint density at radius 3 is 1.75 bits per heavy atom. The summed E-state index contributed by atoms with van der Waals surface area (Å²) < 4.78 is 68.2. The lowest BCUT2D eigenvalue weighted by Gasteiger charge is -2.05. The molecule has 0 rings (SSSR count). The summed E-state index contributed by atoms with van der Waals surface area (Å²) in [6.07, 6.45) is -11.8. The molecule has 0 aromatic heterocycles. The average Bonchev–Trinajstić information content (AvgIpc) is 1.49. The number of hydrogen-bond acceptors (Lipinski definition) is 0. The molecule has 0 radical (unpaired) electrons. The van der Waals surface area contributed by atoms with Crippen LogP contribution in [0.25, 0.3) is 0 Å². The molecule has 12 heavy (non-hydrogen) atoms. The first-order chi connectivity index (χ1) is 5.10. The Bertz CT molecular complexity index is 175. The van der Waals surface area contributed by atoms with E-state index in [9.17, 15) is 26.3 Å². The van der Waals surface area contributed by atoms with Crippen LogP contribution in [0.1, 0.15) is 6.42 Å². The molecule has 0 heterocycles. The van der Waals surface area contributed by atoms with E-state index in [0.717, 1.165) is 0 Å². The van der Waals surface area contributed by atoms with Crippen LogP contribution < -0.4 is 0 Å². The molecule has 7 heteroatoms. The van der Waals surface area contributed by atoms with Crippen LogP contribution in [0.2, 0.25) is 0 Å². The minimum absolute atomic E-state index is 0.581. The summed E-state index contributed by atoms with van der Waals surface area (Å²) in [6.45, 7) is 0. The molecule has 0 aromatic rings. The Labute approximate surface area is 68.8 Å². The first-order valence-corrected chi connectivity index (χ1v) is 2.99. The largest absolute Gasteiger partial charge is 0.410 e. The first kappa shape index (κ1) is 11.6. The molecule has 0 amide bonds. The Morgan fingerprint density at radius 1 is 1.08 bits per heavy atom. The van der Waals surface area contributed by atoms with Crippen LogP contribution in [0.4, 0.5) is 26.3 Å². The summed E-state index contributed by atoms with van der Waals surface area (Å²) in [4.78, 5) is 0. The zero-order chi connectivity index (χ0) is 9.99. The number of alkyl halides is 6. The molecule has 0 aliphatic heterocycles. The SMILES string of the molecule is FC(F)(F)/C=C(\Cl)CC(F)(F)F. The van der Waals surface area contributed by atoms with Crippen molar-refractivity contribution in [3.8, 4) is 0 Å². The van der Waals surface area contributed by atoms with Gasteiger partial charge < -0.3 is 0 Å². The van der Waals surface area contributed by atoms with Crippen molar-refractivity contribution in [1.82, 2.24) is 0 Å². The summed E-state index contributed by atoms with van der Waals surface area (Å²) >= 11 is 4.67. The predicted octanol–water partition coefficient (Wildman–Crippen LogP) is 3.62. The molecule has 0 aromatic carbocycles. The summed E-state index contributed by atoms with van der Waals surface area (Å²) in [5.74, 6) is 0. The van der Waals surface area contributed by atoms with E-state index < -0.39 is 29.9 Å². The van der Waals surface area contributed by atoms with Gasteiger partial charge in [0.15, 0.2) is 0 Å². The van der Waals surface area contributed by atoms with Crippen LogP contribution in [0.3, 0.4) is 0 Å². The van der Waals surface area contributed by atoms with E-state index in [2.05, 4.69) is 11.6 Å². The van der Waals surface area contributed by atoms with Crippen molar-refractivity contribution in [2.75, 3.05) is 0 Å². The van der Waals surface area contributed by atoms with Crippen LogP contribution in [-0.2, 0) is 0 Å². The molecular weight excluding hydrogens is 209 g/mol. The van der Waals surface area contributed by atoms with E-state index >= 15 is 0 Å². The van der Waals surface area contributed by atoms with Crippen LogP contribution in [0.15, 0.2) is 11.1 Å². The smallest absolute Gasteiger partial charge is 0.171 e. The van der Waals surface area contributed by atoms with Gasteiger partial charge in [-0.1, -0.05) is 11.6 Å². The molecule has 0 atom stereocenters. The highest BCUT2D eigenvalue weighted by Gasteiger charge is 2.31. The lowest BCUT2D eigenvalue weighted by atomic mass is 10.3. The average molecular weight is 213 g/mol. The van der Waals surface area contributed by atoms with Crippen molar-refractivity contribution in [1.29, 1.82) is 0 Å². The molecular formula is C5H3ClF6. The fourth-order valence-electron chi connectivity index (χ4n) is 0.420. The van der Waals surface area contributed by atoms with Gasteiger partial charge in [-0.05, 0) is 0 Å². The molecule has 0 nitrogen and oxygen atoms in total. The summed E-state index contributed by atoms with van der Waals surface area (Å²) in [6, 6.07) is 0. The predicted molar refractivity (Wildman–Crippen MR) is 30.7 cm³/mol. The third kappa shape index (κ3) is 7.71. The minimum Gasteiger partial charge on any atom is -0.171 e. The van der Waals surface area contributed by atoms with Gasteiger partial charge in [-0.3, -0.25) is 0 Å². The van der Waals surface area contributed by atoms with Gasteiger partial charge in [0.25, 0.3) is 0 Å². The lowest BCUT2D eigenvalue weighted by molar-refractivity contribution is -0.126. The number of allylic oxidation sites excluding steroid dienone is 2. The fourth-order valence-corrected chi connectivity index (χ4v) is 0.695. The third-order valence-corrected chi connectivity index (χ3v) is 0.932. The van der Waals surface area contributed by atoms with E-state index in [1.54, 1.807) is 0 Å². The first-order valence-electron chi connectivity index (χ1n) is 2.61. The van der Waals surface area contributed by atoms with E-state index in [0.29, 0.717) is 0 Å². The second kappa shape index (κ2) is 3.55. The van der Waals surface area contributed by atoms with Crippen LogP contribution in [-0.4, -0.2) is 12.4 Å². The van der Waals surface area contributed by atoms with Gasteiger partial charge in [0.2, 0.25) is 0 Å². The van der Waals surface area contributed by atoms with Crippen molar-refractivity contribution >= 4 is 11.6 Å². The normalized spacial score (nSPS) is 15.1. The van der Waals surface area contributed by atoms with Gasteiger partial charge in [0.05, 0.1) is 6.42 Å². The molecule has 0 fully saturated rings. The van der Waals surface area contributed by atoms with Crippen molar-refractivity contribution in [2.24, 2.45) is 0 Å². The molecule has 72 valence electrons. The maximum absolute atomic E-state index is 11.4. The van der Waals surface area contributed by atoms with Crippen molar-refractivity contribution in [2.45, 2.75) is 18.8 Å². The van der Waals surface area contributed by atoms with Gasteiger partial charge in [0.1, 0.15) is 0 Å². The Morgan fingerprint density at radius 2 is 1.50 bits per heavy atom. The maximum Gasteiger partial charge on any atom is 0.410 e. The number of halogens is 7. The molecule has 0 spiro atoms. The highest BCUT2D eigenvalue weighted by atomic mass is 35.5. The Hall–Kier alpha value is -0.390. The summed E-state index contributed by atoms with van der Waals surface area (Å²) in [7, 11) is 0. The monoisotopic (exact) mass is 212 g/mol. The van der Waals surface area contributed by atoms with Crippen LogP contribution in [0.5, 0.6) is 0 Å². The molecule has 0 saturated carbocycles. The topological polar surface area (TPSA) is 0 Å². The Kier molecular flexibility index (Phi) is 3.44. The van der Waals surface area contributed by atoms with Gasteiger partial charge in [0, 0.05) is 11.1 Å². The summed E-state index contributed by atoms with van der Waals surface area (Å²) in [5, 5.41) is -1.27. The van der Waals surface area contributed by atoms with E-state index in [-0.39, 0.29) is 0 Å². The van der Waals surface area contributed by atoms with Gasteiger partial charge in [-0.15, -0.1) is 0 Å². The molecule has 0 aliphatic carbocycles. The second-order valence-electron chi connectivity index (χ2n) is 1.92. The second-order valence-corrected chi connectivity index (χ2v) is 2.41. The zero-order valence-electron chi connectivity index (χ0n) is 5.43. The van der Waals surface area contributed by atoms with E-state index in [1.807, 2.05) is 0 Å². The number of rotatable bonds is 1. The van der Waals surface area contributed by atoms with Gasteiger partial charge in [-0.2, -0.15) is 26.3 Å². The van der Waals surface area contributed by atoms with Crippen molar-refractivity contribution < 1.29 is 26.3 Å². The quantitative estimate of drug-likeness (QED) is 0.583.